The maximum Gasteiger partial charge on any atom is 0.220 e. The molecule has 2 rings (SSSR count). The Morgan fingerprint density at radius 3 is 2.84 bits per heavy atom. The van der Waals surface area contributed by atoms with Crippen molar-refractivity contribution < 1.29 is 4.79 Å². The zero-order valence-corrected chi connectivity index (χ0v) is 12.1. The van der Waals surface area contributed by atoms with Gasteiger partial charge in [0.05, 0.1) is 6.54 Å². The molecule has 4 heteroatoms. The maximum atomic E-state index is 12.0. The number of aromatic nitrogens is 2. The number of amides is 1. The van der Waals surface area contributed by atoms with Gasteiger partial charge in [-0.3, -0.25) is 4.79 Å². The van der Waals surface area contributed by atoms with Crippen LogP contribution in [-0.4, -0.2) is 15.5 Å². The quantitative estimate of drug-likeness (QED) is 0.887. The van der Waals surface area contributed by atoms with E-state index in [1.54, 1.807) is 6.20 Å². The monoisotopic (exact) mass is 263 g/mol. The van der Waals surface area contributed by atoms with E-state index in [4.69, 9.17) is 0 Å². The number of hydrogen-bond donors (Lipinski definition) is 1. The van der Waals surface area contributed by atoms with Crippen molar-refractivity contribution in [3.05, 3.63) is 18.2 Å². The lowest BCUT2D eigenvalue weighted by Gasteiger charge is -2.27. The van der Waals surface area contributed by atoms with E-state index in [1.165, 1.54) is 32.1 Å². The van der Waals surface area contributed by atoms with Crippen LogP contribution in [0.1, 0.15) is 51.3 Å². The molecule has 1 fully saturated rings. The topological polar surface area (TPSA) is 46.9 Å². The molecule has 0 aromatic carbocycles. The van der Waals surface area contributed by atoms with E-state index in [-0.39, 0.29) is 5.91 Å². The van der Waals surface area contributed by atoms with Crippen LogP contribution in [0.2, 0.25) is 0 Å². The molecule has 0 aliphatic heterocycles. The van der Waals surface area contributed by atoms with Crippen LogP contribution in [0.3, 0.4) is 0 Å². The van der Waals surface area contributed by atoms with Gasteiger partial charge in [-0.1, -0.05) is 39.0 Å². The first-order valence-corrected chi connectivity index (χ1v) is 7.39. The molecule has 1 saturated carbocycles. The van der Waals surface area contributed by atoms with Crippen LogP contribution in [0, 0.1) is 11.8 Å². The zero-order valence-electron chi connectivity index (χ0n) is 12.1. The summed E-state index contributed by atoms with van der Waals surface area (Å²) in [6.07, 6.45) is 10.9. The van der Waals surface area contributed by atoms with E-state index in [2.05, 4.69) is 17.2 Å². The van der Waals surface area contributed by atoms with Gasteiger partial charge >= 0.3 is 0 Å². The number of rotatable bonds is 5. The number of hydrogen-bond acceptors (Lipinski definition) is 2. The van der Waals surface area contributed by atoms with E-state index >= 15 is 0 Å². The van der Waals surface area contributed by atoms with Gasteiger partial charge in [-0.2, -0.15) is 0 Å². The summed E-state index contributed by atoms with van der Waals surface area (Å²) in [5, 5.41) is 2.97. The predicted octanol–water partition coefficient (Wildman–Crippen LogP) is 2.64. The Labute approximate surface area is 115 Å². The van der Waals surface area contributed by atoms with Gasteiger partial charge in [-0.25, -0.2) is 4.98 Å². The van der Waals surface area contributed by atoms with Crippen molar-refractivity contribution in [2.75, 3.05) is 0 Å². The van der Waals surface area contributed by atoms with E-state index in [9.17, 15) is 4.79 Å². The van der Waals surface area contributed by atoms with Gasteiger partial charge in [-0.15, -0.1) is 0 Å². The SMILES string of the molecule is CC(CC(=O)NCc1nccn1C)C1CCCCC1. The van der Waals surface area contributed by atoms with Crippen molar-refractivity contribution in [1.82, 2.24) is 14.9 Å². The number of carbonyl (C=O) groups excluding carboxylic acids is 1. The highest BCUT2D eigenvalue weighted by Gasteiger charge is 2.22. The molecule has 1 atom stereocenters. The molecule has 0 radical (unpaired) electrons. The molecule has 1 N–H and O–H groups in total. The molecular weight excluding hydrogens is 238 g/mol. The Bertz CT molecular complexity index is 407. The smallest absolute Gasteiger partial charge is 0.220 e. The molecule has 1 aliphatic rings. The third-order valence-electron chi connectivity index (χ3n) is 4.33. The molecule has 1 aliphatic carbocycles. The Morgan fingerprint density at radius 2 is 2.21 bits per heavy atom. The van der Waals surface area contributed by atoms with Crippen molar-refractivity contribution in [3.63, 3.8) is 0 Å². The molecule has 1 aromatic heterocycles. The number of carbonyl (C=O) groups is 1. The Hall–Kier alpha value is -1.32. The summed E-state index contributed by atoms with van der Waals surface area (Å²) in [4.78, 5) is 16.2. The van der Waals surface area contributed by atoms with Crippen LogP contribution in [0.5, 0.6) is 0 Å². The molecule has 4 nitrogen and oxygen atoms in total. The molecule has 0 saturated heterocycles. The number of nitrogens with one attached hydrogen (secondary N) is 1. The van der Waals surface area contributed by atoms with Gasteiger partial charge in [0.1, 0.15) is 5.82 Å². The van der Waals surface area contributed by atoms with Crippen LogP contribution < -0.4 is 5.32 Å². The molecule has 1 aromatic rings. The van der Waals surface area contributed by atoms with Gasteiger partial charge in [0.15, 0.2) is 0 Å². The van der Waals surface area contributed by atoms with Crippen LogP contribution >= 0.6 is 0 Å². The van der Waals surface area contributed by atoms with Crippen molar-refractivity contribution in [1.29, 1.82) is 0 Å². The van der Waals surface area contributed by atoms with E-state index in [1.807, 2.05) is 17.8 Å². The molecule has 0 spiro atoms. The minimum atomic E-state index is 0.154. The standard InChI is InChI=1S/C15H25N3O/c1-12(13-6-4-3-5-7-13)10-15(19)17-11-14-16-8-9-18(14)2/h8-9,12-13H,3-7,10-11H2,1-2H3,(H,17,19). The molecule has 0 bridgehead atoms. The predicted molar refractivity (Wildman–Crippen MR) is 75.4 cm³/mol. The van der Waals surface area contributed by atoms with Crippen molar-refractivity contribution >= 4 is 5.91 Å². The Morgan fingerprint density at radius 1 is 1.47 bits per heavy atom. The second-order valence-corrected chi connectivity index (χ2v) is 5.81. The highest BCUT2D eigenvalue weighted by atomic mass is 16.1. The summed E-state index contributed by atoms with van der Waals surface area (Å²) in [6, 6.07) is 0. The van der Waals surface area contributed by atoms with Crippen molar-refractivity contribution in [2.45, 2.75) is 52.0 Å². The van der Waals surface area contributed by atoms with E-state index in [0.29, 0.717) is 18.9 Å². The zero-order chi connectivity index (χ0) is 13.7. The lowest BCUT2D eigenvalue weighted by molar-refractivity contribution is -0.122. The highest BCUT2D eigenvalue weighted by Crippen LogP contribution is 2.31. The van der Waals surface area contributed by atoms with Gasteiger partial charge in [-0.05, 0) is 11.8 Å². The molecule has 106 valence electrons. The van der Waals surface area contributed by atoms with Crippen LogP contribution in [0.25, 0.3) is 0 Å². The van der Waals surface area contributed by atoms with Gasteiger partial charge in [0.2, 0.25) is 5.91 Å². The minimum Gasteiger partial charge on any atom is -0.349 e. The first-order valence-electron chi connectivity index (χ1n) is 7.39. The maximum absolute atomic E-state index is 12.0. The summed E-state index contributed by atoms with van der Waals surface area (Å²) in [5.41, 5.74) is 0. The number of nitrogens with zero attached hydrogens (tertiary/aromatic N) is 2. The summed E-state index contributed by atoms with van der Waals surface area (Å²) in [5.74, 6) is 2.30. The molecule has 1 heterocycles. The molecule has 1 unspecified atom stereocenters. The summed E-state index contributed by atoms with van der Waals surface area (Å²) >= 11 is 0. The number of imidazole rings is 1. The van der Waals surface area contributed by atoms with Crippen LogP contribution in [0.15, 0.2) is 12.4 Å². The molecular formula is C15H25N3O. The van der Waals surface area contributed by atoms with Crippen LogP contribution in [-0.2, 0) is 18.4 Å². The molecule has 19 heavy (non-hydrogen) atoms. The second-order valence-electron chi connectivity index (χ2n) is 5.81. The second kappa shape index (κ2) is 6.73. The van der Waals surface area contributed by atoms with Crippen molar-refractivity contribution in [2.24, 2.45) is 18.9 Å². The first kappa shape index (κ1) is 14.1. The fraction of sp³-hybridized carbons (Fsp3) is 0.733. The summed E-state index contributed by atoms with van der Waals surface area (Å²) in [6.45, 7) is 2.75. The lowest BCUT2D eigenvalue weighted by atomic mass is 9.79. The van der Waals surface area contributed by atoms with Gasteiger partial charge in [0, 0.05) is 25.9 Å². The first-order chi connectivity index (χ1) is 9.16. The number of aryl methyl sites for hydroxylation is 1. The fourth-order valence-corrected chi connectivity index (χ4v) is 2.98. The average Bonchev–Trinajstić information content (AvgIpc) is 2.83. The largest absolute Gasteiger partial charge is 0.349 e. The van der Waals surface area contributed by atoms with Crippen LogP contribution in [0.4, 0.5) is 0 Å². The third-order valence-corrected chi connectivity index (χ3v) is 4.33. The highest BCUT2D eigenvalue weighted by molar-refractivity contribution is 5.76. The van der Waals surface area contributed by atoms with Gasteiger partial charge < -0.3 is 9.88 Å². The normalized spacial score (nSPS) is 18.2. The van der Waals surface area contributed by atoms with E-state index in [0.717, 1.165) is 11.7 Å². The average molecular weight is 263 g/mol. The van der Waals surface area contributed by atoms with Crippen molar-refractivity contribution in [3.8, 4) is 0 Å². The Balaban J connectivity index is 1.73. The lowest BCUT2D eigenvalue weighted by Crippen LogP contribution is -2.28. The summed E-state index contributed by atoms with van der Waals surface area (Å²) in [7, 11) is 1.94. The Kier molecular flexibility index (Phi) is 5.00. The molecule has 1 amide bonds. The summed E-state index contributed by atoms with van der Waals surface area (Å²) < 4.78 is 1.94. The third kappa shape index (κ3) is 4.08. The fourth-order valence-electron chi connectivity index (χ4n) is 2.98. The van der Waals surface area contributed by atoms with Gasteiger partial charge in [0.25, 0.3) is 0 Å². The minimum absolute atomic E-state index is 0.154. The van der Waals surface area contributed by atoms with E-state index < -0.39 is 0 Å².